The fraction of sp³-hybridized carbons (Fsp3) is 0.257. The molecule has 0 aliphatic heterocycles. The van der Waals surface area contributed by atoms with E-state index in [1.807, 2.05) is 75.4 Å². The Morgan fingerprint density at radius 3 is 2.02 bits per heavy atom. The third-order valence-electron chi connectivity index (χ3n) is 7.21. The number of rotatable bonds is 12. The van der Waals surface area contributed by atoms with E-state index in [1.165, 1.54) is 17.0 Å². The molecule has 4 aromatic rings. The third-order valence-corrected chi connectivity index (χ3v) is 9.22. The summed E-state index contributed by atoms with van der Waals surface area (Å²) in [5.74, 6) is -0.830. The van der Waals surface area contributed by atoms with Gasteiger partial charge >= 0.3 is 0 Å². The van der Waals surface area contributed by atoms with Gasteiger partial charge in [-0.05, 0) is 74.7 Å². The van der Waals surface area contributed by atoms with Crippen molar-refractivity contribution in [3.63, 3.8) is 0 Å². The van der Waals surface area contributed by atoms with Crippen molar-refractivity contribution >= 4 is 39.1 Å². The van der Waals surface area contributed by atoms with Gasteiger partial charge in [-0.2, -0.15) is 0 Å². The van der Waals surface area contributed by atoms with Gasteiger partial charge in [-0.15, -0.1) is 0 Å². The molecule has 0 saturated carbocycles. The molecule has 2 amide bonds. The molecule has 0 heterocycles. The Morgan fingerprint density at radius 1 is 0.818 bits per heavy atom. The number of halogens is 1. The minimum absolute atomic E-state index is 0.0469. The molecule has 0 saturated heterocycles. The van der Waals surface area contributed by atoms with Gasteiger partial charge in [0.05, 0.1) is 10.6 Å². The first kappa shape index (κ1) is 32.8. The van der Waals surface area contributed by atoms with E-state index in [9.17, 15) is 18.0 Å². The Balaban J connectivity index is 1.82. The monoisotopic (exact) mass is 631 g/mol. The van der Waals surface area contributed by atoms with Crippen molar-refractivity contribution in [2.45, 2.75) is 57.6 Å². The van der Waals surface area contributed by atoms with Crippen molar-refractivity contribution < 1.29 is 18.0 Å². The zero-order valence-electron chi connectivity index (χ0n) is 25.4. The van der Waals surface area contributed by atoms with Gasteiger partial charge in [-0.1, -0.05) is 90.0 Å². The highest BCUT2D eigenvalue weighted by Gasteiger charge is 2.35. The summed E-state index contributed by atoms with van der Waals surface area (Å²) in [6.45, 7) is 7.04. The average Bonchev–Trinajstić information content (AvgIpc) is 2.99. The molecular weight excluding hydrogens is 594 g/mol. The number of hydrogen-bond donors (Lipinski definition) is 1. The standard InChI is InChI=1S/C35H38ClN3O4S/c1-25(2)37-35(41)33(22-28-11-7-5-8-12-28)38(23-29-17-15-26(3)16-18-29)34(40)24-39(32-20-19-30(36)21-27(32)4)44(42,43)31-13-9-6-10-14-31/h5-21,25,33H,22-24H2,1-4H3,(H,37,41)/t33-/m0/s1. The van der Waals surface area contributed by atoms with Gasteiger partial charge < -0.3 is 10.2 Å². The molecule has 0 radical (unpaired) electrons. The Bertz CT molecular complexity index is 1680. The number of carbonyl (C=O) groups is 2. The van der Waals surface area contributed by atoms with Crippen molar-refractivity contribution in [1.29, 1.82) is 0 Å². The third kappa shape index (κ3) is 8.27. The normalized spacial score (nSPS) is 12.0. The number of aryl methyl sites for hydroxylation is 2. The zero-order valence-corrected chi connectivity index (χ0v) is 27.0. The Morgan fingerprint density at radius 2 is 1.43 bits per heavy atom. The second-order valence-electron chi connectivity index (χ2n) is 11.1. The van der Waals surface area contributed by atoms with Gasteiger partial charge in [0.25, 0.3) is 10.0 Å². The van der Waals surface area contributed by atoms with E-state index >= 15 is 0 Å². The van der Waals surface area contributed by atoms with Crippen LogP contribution in [0.25, 0.3) is 0 Å². The van der Waals surface area contributed by atoms with Crippen molar-refractivity contribution in [1.82, 2.24) is 10.2 Å². The van der Waals surface area contributed by atoms with Gasteiger partial charge in [0.15, 0.2) is 0 Å². The fourth-order valence-corrected chi connectivity index (χ4v) is 6.68. The maximum Gasteiger partial charge on any atom is 0.264 e. The Kier molecular flexibility index (Phi) is 10.8. The summed E-state index contributed by atoms with van der Waals surface area (Å²) in [6, 6.07) is 29.0. The molecule has 0 aliphatic rings. The van der Waals surface area contributed by atoms with Crippen LogP contribution in [0.4, 0.5) is 5.69 Å². The highest BCUT2D eigenvalue weighted by molar-refractivity contribution is 7.92. The number of carbonyl (C=O) groups excluding carboxylic acids is 2. The lowest BCUT2D eigenvalue weighted by molar-refractivity contribution is -0.140. The number of benzene rings is 4. The van der Waals surface area contributed by atoms with E-state index < -0.39 is 28.5 Å². The maximum atomic E-state index is 14.5. The predicted molar refractivity (Wildman–Crippen MR) is 176 cm³/mol. The molecule has 4 aromatic carbocycles. The van der Waals surface area contributed by atoms with Gasteiger partial charge in [0, 0.05) is 24.0 Å². The van der Waals surface area contributed by atoms with Crippen molar-refractivity contribution in [2.24, 2.45) is 0 Å². The molecule has 0 fully saturated rings. The largest absolute Gasteiger partial charge is 0.352 e. The lowest BCUT2D eigenvalue weighted by Crippen LogP contribution is -2.54. The molecule has 0 bridgehead atoms. The van der Waals surface area contributed by atoms with Crippen LogP contribution < -0.4 is 9.62 Å². The van der Waals surface area contributed by atoms with Crippen LogP contribution >= 0.6 is 11.6 Å². The SMILES string of the molecule is Cc1ccc(CN(C(=O)CN(c2ccc(Cl)cc2C)S(=O)(=O)c2ccccc2)[C@@H](Cc2ccccc2)C(=O)NC(C)C)cc1. The molecule has 1 atom stereocenters. The van der Waals surface area contributed by atoms with Crippen LogP contribution in [0, 0.1) is 13.8 Å². The van der Waals surface area contributed by atoms with Gasteiger partial charge in [0.2, 0.25) is 11.8 Å². The second-order valence-corrected chi connectivity index (χ2v) is 13.4. The number of sulfonamides is 1. The molecule has 0 aliphatic carbocycles. The Hall–Kier alpha value is -4.14. The summed E-state index contributed by atoms with van der Waals surface area (Å²) >= 11 is 6.22. The predicted octanol–water partition coefficient (Wildman–Crippen LogP) is 6.32. The number of nitrogens with zero attached hydrogens (tertiary/aromatic N) is 2. The minimum atomic E-state index is -4.18. The van der Waals surface area contributed by atoms with E-state index in [0.29, 0.717) is 16.3 Å². The molecule has 0 aromatic heterocycles. The summed E-state index contributed by atoms with van der Waals surface area (Å²) in [5.41, 5.74) is 3.67. The van der Waals surface area contributed by atoms with Gasteiger partial charge in [-0.25, -0.2) is 8.42 Å². The molecule has 7 nitrogen and oxygen atoms in total. The summed E-state index contributed by atoms with van der Waals surface area (Å²) in [7, 11) is -4.18. The first-order valence-electron chi connectivity index (χ1n) is 14.5. The minimum Gasteiger partial charge on any atom is -0.352 e. The summed E-state index contributed by atoms with van der Waals surface area (Å²) in [5, 5.41) is 3.42. The van der Waals surface area contributed by atoms with Crippen molar-refractivity contribution in [2.75, 3.05) is 10.8 Å². The van der Waals surface area contributed by atoms with Crippen LogP contribution in [0.15, 0.2) is 108 Å². The number of hydrogen-bond acceptors (Lipinski definition) is 4. The maximum absolute atomic E-state index is 14.5. The van der Waals surface area contributed by atoms with Crippen molar-refractivity contribution in [3.8, 4) is 0 Å². The van der Waals surface area contributed by atoms with Crippen LogP contribution in [-0.2, 0) is 32.6 Å². The highest BCUT2D eigenvalue weighted by Crippen LogP contribution is 2.29. The van der Waals surface area contributed by atoms with E-state index in [0.717, 1.165) is 21.0 Å². The smallest absolute Gasteiger partial charge is 0.264 e. The molecule has 4 rings (SSSR count). The molecule has 9 heteroatoms. The zero-order chi connectivity index (χ0) is 31.9. The summed E-state index contributed by atoms with van der Waals surface area (Å²) in [6.07, 6.45) is 0.252. The topological polar surface area (TPSA) is 86.8 Å². The molecular formula is C35H38ClN3O4S. The van der Waals surface area contributed by atoms with Crippen LogP contribution in [0.5, 0.6) is 0 Å². The molecule has 0 unspecified atom stereocenters. The molecule has 0 spiro atoms. The van der Waals surface area contributed by atoms with E-state index in [4.69, 9.17) is 11.6 Å². The van der Waals surface area contributed by atoms with Crippen LogP contribution in [0.2, 0.25) is 5.02 Å². The van der Waals surface area contributed by atoms with Crippen molar-refractivity contribution in [3.05, 3.63) is 130 Å². The first-order chi connectivity index (χ1) is 21.0. The number of amides is 2. The quantitative estimate of drug-likeness (QED) is 0.198. The summed E-state index contributed by atoms with van der Waals surface area (Å²) < 4.78 is 29.3. The molecule has 44 heavy (non-hydrogen) atoms. The lowest BCUT2D eigenvalue weighted by Gasteiger charge is -2.34. The lowest BCUT2D eigenvalue weighted by atomic mass is 10.0. The van der Waals surface area contributed by atoms with E-state index in [2.05, 4.69) is 5.32 Å². The van der Waals surface area contributed by atoms with Gasteiger partial charge in [-0.3, -0.25) is 13.9 Å². The van der Waals surface area contributed by atoms with E-state index in [1.54, 1.807) is 43.3 Å². The molecule has 230 valence electrons. The number of anilines is 1. The number of nitrogens with one attached hydrogen (secondary N) is 1. The average molecular weight is 632 g/mol. The Labute approximate surface area is 265 Å². The molecule has 1 N–H and O–H groups in total. The fourth-order valence-electron chi connectivity index (χ4n) is 4.96. The highest BCUT2D eigenvalue weighted by atomic mass is 35.5. The van der Waals surface area contributed by atoms with E-state index in [-0.39, 0.29) is 29.8 Å². The first-order valence-corrected chi connectivity index (χ1v) is 16.3. The van der Waals surface area contributed by atoms with Crippen LogP contribution in [0.1, 0.15) is 36.1 Å². The van der Waals surface area contributed by atoms with Crippen LogP contribution in [0.3, 0.4) is 0 Å². The second kappa shape index (κ2) is 14.6. The van der Waals surface area contributed by atoms with Crippen LogP contribution in [-0.4, -0.2) is 43.8 Å². The summed E-state index contributed by atoms with van der Waals surface area (Å²) in [4.78, 5) is 29.8. The van der Waals surface area contributed by atoms with Gasteiger partial charge in [0.1, 0.15) is 12.6 Å².